The third-order valence-electron chi connectivity index (χ3n) is 5.93. The first-order chi connectivity index (χ1) is 16.8. The van der Waals surface area contributed by atoms with E-state index < -0.39 is 15.9 Å². The number of amides is 1. The van der Waals surface area contributed by atoms with Crippen LogP contribution < -0.4 is 15.0 Å². The fraction of sp³-hybridized carbons (Fsp3) is 0.333. The van der Waals surface area contributed by atoms with Gasteiger partial charge in [-0.15, -0.1) is 0 Å². The maximum atomic E-state index is 12.9. The van der Waals surface area contributed by atoms with Gasteiger partial charge in [-0.3, -0.25) is 4.79 Å². The van der Waals surface area contributed by atoms with Crippen LogP contribution in [0.3, 0.4) is 0 Å². The molecule has 35 heavy (non-hydrogen) atoms. The number of hydrogen-bond donors (Lipinski definition) is 1. The Morgan fingerprint density at radius 3 is 2.46 bits per heavy atom. The molecule has 0 bridgehead atoms. The fourth-order valence-corrected chi connectivity index (χ4v) is 5.57. The molecule has 1 aliphatic heterocycles. The predicted molar refractivity (Wildman–Crippen MR) is 135 cm³/mol. The lowest BCUT2D eigenvalue weighted by atomic mass is 10.1. The second-order valence-electron chi connectivity index (χ2n) is 8.10. The Morgan fingerprint density at radius 2 is 1.80 bits per heavy atom. The summed E-state index contributed by atoms with van der Waals surface area (Å²) in [6, 6.07) is 14.7. The van der Waals surface area contributed by atoms with Crippen molar-refractivity contribution in [3.05, 3.63) is 64.9 Å². The zero-order valence-electron chi connectivity index (χ0n) is 19.5. The zero-order chi connectivity index (χ0) is 25.0. The molecule has 1 aromatic heterocycles. The van der Waals surface area contributed by atoms with E-state index >= 15 is 0 Å². The van der Waals surface area contributed by atoms with E-state index in [1.165, 1.54) is 4.31 Å². The zero-order valence-corrected chi connectivity index (χ0v) is 21.1. The van der Waals surface area contributed by atoms with Crippen molar-refractivity contribution >= 4 is 33.2 Å². The van der Waals surface area contributed by atoms with E-state index in [4.69, 9.17) is 20.9 Å². The molecule has 0 aliphatic carbocycles. The second kappa shape index (κ2) is 10.7. The lowest BCUT2D eigenvalue weighted by Crippen LogP contribution is -2.50. The van der Waals surface area contributed by atoms with Crippen molar-refractivity contribution in [2.45, 2.75) is 6.92 Å². The Morgan fingerprint density at radius 1 is 1.11 bits per heavy atom. The van der Waals surface area contributed by atoms with Gasteiger partial charge in [0.15, 0.2) is 0 Å². The minimum absolute atomic E-state index is 0.0353. The van der Waals surface area contributed by atoms with E-state index in [2.05, 4.69) is 15.4 Å². The molecule has 186 valence electrons. The van der Waals surface area contributed by atoms with E-state index in [-0.39, 0.29) is 17.9 Å². The summed E-state index contributed by atoms with van der Waals surface area (Å²) in [4.78, 5) is 15.0. The number of carbonyl (C=O) groups excluding carboxylic acids is 1. The molecule has 0 saturated carbocycles. The van der Waals surface area contributed by atoms with Gasteiger partial charge < -0.3 is 19.5 Å². The number of sulfonamides is 1. The highest BCUT2D eigenvalue weighted by Gasteiger charge is 2.28. The van der Waals surface area contributed by atoms with Crippen LogP contribution in [0, 0.1) is 6.92 Å². The molecule has 3 aromatic rings. The van der Waals surface area contributed by atoms with Crippen molar-refractivity contribution < 1.29 is 22.5 Å². The Hall–Kier alpha value is -3.08. The third kappa shape index (κ3) is 5.61. The number of nitrogens with zero attached hydrogens (tertiary/aromatic N) is 3. The van der Waals surface area contributed by atoms with Gasteiger partial charge in [-0.25, -0.2) is 8.42 Å². The molecule has 9 nitrogen and oxygen atoms in total. The Labute approximate surface area is 209 Å². The first kappa shape index (κ1) is 25.0. The number of benzene rings is 2. The van der Waals surface area contributed by atoms with Gasteiger partial charge in [-0.2, -0.15) is 4.31 Å². The average Bonchev–Trinajstić information content (AvgIpc) is 3.25. The summed E-state index contributed by atoms with van der Waals surface area (Å²) in [6.45, 7) is 3.51. The van der Waals surface area contributed by atoms with Crippen LogP contribution in [0.1, 0.15) is 16.1 Å². The first-order valence-corrected chi connectivity index (χ1v) is 13.1. The van der Waals surface area contributed by atoms with Gasteiger partial charge in [0.2, 0.25) is 10.0 Å². The van der Waals surface area contributed by atoms with Crippen molar-refractivity contribution in [3.63, 3.8) is 0 Å². The van der Waals surface area contributed by atoms with Crippen molar-refractivity contribution in [3.8, 4) is 17.0 Å². The number of rotatable bonds is 8. The van der Waals surface area contributed by atoms with Gasteiger partial charge in [0.25, 0.3) is 5.91 Å². The SMILES string of the molecule is COc1ccc(N2CCN(S(=O)(=O)CCNC(=O)c3c(-c4ccccc4Cl)noc3C)CC2)cc1. The summed E-state index contributed by atoms with van der Waals surface area (Å²) in [6.07, 6.45) is 0. The van der Waals surface area contributed by atoms with Crippen LogP contribution in [0.5, 0.6) is 5.75 Å². The van der Waals surface area contributed by atoms with Gasteiger partial charge in [-0.05, 0) is 37.3 Å². The number of carbonyl (C=O) groups is 1. The summed E-state index contributed by atoms with van der Waals surface area (Å²) in [7, 11) is -1.91. The quantitative estimate of drug-likeness (QED) is 0.488. The lowest BCUT2D eigenvalue weighted by molar-refractivity contribution is 0.0955. The summed E-state index contributed by atoms with van der Waals surface area (Å²) < 4.78 is 37.6. The Kier molecular flexibility index (Phi) is 7.63. The van der Waals surface area contributed by atoms with Crippen LogP contribution in [-0.4, -0.2) is 69.4 Å². The Bertz CT molecular complexity index is 1290. The van der Waals surface area contributed by atoms with Gasteiger partial charge in [0, 0.05) is 44.0 Å². The van der Waals surface area contributed by atoms with E-state index in [0.29, 0.717) is 48.2 Å². The highest BCUT2D eigenvalue weighted by molar-refractivity contribution is 7.89. The molecule has 2 heterocycles. The second-order valence-corrected chi connectivity index (χ2v) is 10.6. The van der Waals surface area contributed by atoms with Crippen molar-refractivity contribution in [1.82, 2.24) is 14.8 Å². The summed E-state index contributed by atoms with van der Waals surface area (Å²) >= 11 is 6.25. The number of methoxy groups -OCH3 is 1. The number of halogens is 1. The molecule has 0 spiro atoms. The molecule has 1 N–H and O–H groups in total. The van der Waals surface area contributed by atoms with E-state index in [1.54, 1.807) is 38.3 Å². The smallest absolute Gasteiger partial charge is 0.257 e. The summed E-state index contributed by atoms with van der Waals surface area (Å²) in [5.41, 5.74) is 2.15. The van der Waals surface area contributed by atoms with Crippen molar-refractivity contribution in [1.29, 1.82) is 0 Å². The van der Waals surface area contributed by atoms with Crippen LogP contribution in [0.25, 0.3) is 11.3 Å². The van der Waals surface area contributed by atoms with Crippen LogP contribution >= 0.6 is 11.6 Å². The van der Waals surface area contributed by atoms with Crippen molar-refractivity contribution in [2.75, 3.05) is 50.5 Å². The molecule has 1 saturated heterocycles. The van der Waals surface area contributed by atoms with Gasteiger partial charge in [0.05, 0.1) is 17.9 Å². The number of aryl methyl sites for hydroxylation is 1. The largest absolute Gasteiger partial charge is 0.497 e. The number of aromatic nitrogens is 1. The molecule has 11 heteroatoms. The maximum Gasteiger partial charge on any atom is 0.257 e. The van der Waals surface area contributed by atoms with Crippen LogP contribution in [-0.2, 0) is 10.0 Å². The molecule has 0 unspecified atom stereocenters. The molecule has 1 fully saturated rings. The molecule has 1 amide bonds. The maximum absolute atomic E-state index is 12.9. The summed E-state index contributed by atoms with van der Waals surface area (Å²) in [5.74, 6) is 0.443. The third-order valence-corrected chi connectivity index (χ3v) is 8.14. The molecule has 0 atom stereocenters. The predicted octanol–water partition coefficient (Wildman–Crippen LogP) is 3.19. The van der Waals surface area contributed by atoms with Crippen LogP contribution in [0.4, 0.5) is 5.69 Å². The molecule has 0 radical (unpaired) electrons. The first-order valence-electron chi connectivity index (χ1n) is 11.2. The molecule has 2 aromatic carbocycles. The van der Waals surface area contributed by atoms with Gasteiger partial charge in [-0.1, -0.05) is 35.0 Å². The van der Waals surface area contributed by atoms with Gasteiger partial charge >= 0.3 is 0 Å². The Balaban J connectivity index is 1.33. The van der Waals surface area contributed by atoms with Crippen LogP contribution in [0.2, 0.25) is 5.02 Å². The van der Waals surface area contributed by atoms with E-state index in [9.17, 15) is 13.2 Å². The minimum Gasteiger partial charge on any atom is -0.497 e. The molecule has 1 aliphatic rings. The normalized spacial score (nSPS) is 14.7. The van der Waals surface area contributed by atoms with E-state index in [0.717, 1.165) is 11.4 Å². The number of hydrogen-bond acceptors (Lipinski definition) is 7. The van der Waals surface area contributed by atoms with Crippen LogP contribution in [0.15, 0.2) is 53.1 Å². The van der Waals surface area contributed by atoms with Gasteiger partial charge in [0.1, 0.15) is 22.8 Å². The summed E-state index contributed by atoms with van der Waals surface area (Å²) in [5, 5.41) is 7.10. The number of anilines is 1. The monoisotopic (exact) mass is 518 g/mol. The highest BCUT2D eigenvalue weighted by atomic mass is 35.5. The number of piperazine rings is 1. The minimum atomic E-state index is -3.53. The highest BCUT2D eigenvalue weighted by Crippen LogP contribution is 2.31. The lowest BCUT2D eigenvalue weighted by Gasteiger charge is -2.35. The number of ether oxygens (including phenoxy) is 1. The fourth-order valence-electron chi connectivity index (χ4n) is 4.01. The number of nitrogens with one attached hydrogen (secondary N) is 1. The topological polar surface area (TPSA) is 105 Å². The van der Waals surface area contributed by atoms with Crippen molar-refractivity contribution in [2.24, 2.45) is 0 Å². The average molecular weight is 519 g/mol. The molecular weight excluding hydrogens is 492 g/mol. The molecule has 4 rings (SSSR count). The molecular formula is C24H27ClN4O5S. The standard InChI is InChI=1S/C24H27ClN4O5S/c1-17-22(23(27-34-17)20-5-3-4-6-21(20)25)24(30)26-11-16-35(31,32)29-14-12-28(13-15-29)18-7-9-19(33-2)10-8-18/h3-10H,11-16H2,1-2H3,(H,26,30). The van der Waals surface area contributed by atoms with E-state index in [1.807, 2.05) is 24.3 Å².